The Morgan fingerprint density at radius 3 is 2.45 bits per heavy atom. The minimum absolute atomic E-state index is 0.243. The van der Waals surface area contributed by atoms with Gasteiger partial charge in [0.25, 0.3) is 0 Å². The van der Waals surface area contributed by atoms with Crippen molar-refractivity contribution in [3.8, 4) is 11.3 Å². The molecule has 114 valence electrons. The first-order chi connectivity index (χ1) is 10.3. The van der Waals surface area contributed by atoms with Gasteiger partial charge in [-0.2, -0.15) is 5.10 Å². The lowest BCUT2D eigenvalue weighted by Crippen LogP contribution is -2.23. The first-order valence-electron chi connectivity index (χ1n) is 6.74. The molecule has 0 aliphatic heterocycles. The van der Waals surface area contributed by atoms with Crippen LogP contribution >= 0.6 is 23.2 Å². The Bertz CT molecular complexity index is 864. The van der Waals surface area contributed by atoms with Crippen molar-refractivity contribution in [2.75, 3.05) is 5.73 Å². The van der Waals surface area contributed by atoms with Crippen molar-refractivity contribution >= 4 is 40.1 Å². The summed E-state index contributed by atoms with van der Waals surface area (Å²) in [7, 11) is 0. The van der Waals surface area contributed by atoms with E-state index in [1.807, 2.05) is 10.7 Å². The molecule has 22 heavy (non-hydrogen) atoms. The Hall–Kier alpha value is -1.85. The van der Waals surface area contributed by atoms with E-state index in [2.05, 4.69) is 30.7 Å². The van der Waals surface area contributed by atoms with Gasteiger partial charge in [0.1, 0.15) is 17.8 Å². The molecular formula is C15H15Cl2N5. The van der Waals surface area contributed by atoms with Gasteiger partial charge >= 0.3 is 0 Å². The van der Waals surface area contributed by atoms with Gasteiger partial charge in [-0.3, -0.25) is 0 Å². The van der Waals surface area contributed by atoms with Crippen molar-refractivity contribution in [2.45, 2.75) is 26.3 Å². The third-order valence-corrected chi connectivity index (χ3v) is 4.06. The monoisotopic (exact) mass is 335 g/mol. The summed E-state index contributed by atoms with van der Waals surface area (Å²) in [6.45, 7) is 6.16. The van der Waals surface area contributed by atoms with Gasteiger partial charge in [0.2, 0.25) is 0 Å². The summed E-state index contributed by atoms with van der Waals surface area (Å²) in [5.74, 6) is 0.390. The van der Waals surface area contributed by atoms with Crippen LogP contribution in [0, 0.1) is 0 Å². The van der Waals surface area contributed by atoms with Crippen LogP contribution in [0.1, 0.15) is 20.8 Å². The lowest BCUT2D eigenvalue weighted by molar-refractivity contribution is 0.367. The van der Waals surface area contributed by atoms with Crippen LogP contribution in [0.25, 0.3) is 22.3 Å². The predicted octanol–water partition coefficient (Wildman–Crippen LogP) is 4.14. The number of nitrogens with two attached hydrogens (primary N) is 1. The maximum Gasteiger partial charge on any atom is 0.164 e. The average molecular weight is 336 g/mol. The molecule has 0 fully saturated rings. The molecule has 0 atom stereocenters. The summed E-state index contributed by atoms with van der Waals surface area (Å²) >= 11 is 12.1. The molecule has 1 aromatic carbocycles. The van der Waals surface area contributed by atoms with E-state index in [4.69, 9.17) is 34.0 Å². The van der Waals surface area contributed by atoms with Crippen LogP contribution in [-0.4, -0.2) is 19.7 Å². The van der Waals surface area contributed by atoms with Gasteiger partial charge in [0, 0.05) is 5.56 Å². The third kappa shape index (κ3) is 2.40. The van der Waals surface area contributed by atoms with E-state index in [1.165, 1.54) is 6.33 Å². The fourth-order valence-corrected chi connectivity index (χ4v) is 2.59. The second-order valence-electron chi connectivity index (χ2n) is 6.02. The maximum absolute atomic E-state index is 6.12. The summed E-state index contributed by atoms with van der Waals surface area (Å²) in [6.07, 6.45) is 1.44. The van der Waals surface area contributed by atoms with Crippen molar-refractivity contribution in [2.24, 2.45) is 0 Å². The SMILES string of the molecule is CC(C)(C)n1nc(-c2ccc(Cl)c(Cl)c2)c2c(N)ncnc21. The van der Waals surface area contributed by atoms with Gasteiger partial charge in [-0.25, -0.2) is 14.6 Å². The Morgan fingerprint density at radius 2 is 1.82 bits per heavy atom. The number of hydrogen-bond donors (Lipinski definition) is 1. The number of fused-ring (bicyclic) bond motifs is 1. The van der Waals surface area contributed by atoms with E-state index < -0.39 is 0 Å². The minimum atomic E-state index is -0.243. The number of nitrogens with zero attached hydrogens (tertiary/aromatic N) is 4. The van der Waals surface area contributed by atoms with E-state index in [0.717, 1.165) is 10.9 Å². The molecule has 2 N–H and O–H groups in total. The highest BCUT2D eigenvalue weighted by atomic mass is 35.5. The summed E-state index contributed by atoms with van der Waals surface area (Å²) < 4.78 is 1.85. The van der Waals surface area contributed by atoms with Crippen LogP contribution in [0.4, 0.5) is 5.82 Å². The zero-order chi connectivity index (χ0) is 16.1. The molecule has 0 radical (unpaired) electrons. The van der Waals surface area contributed by atoms with Crippen molar-refractivity contribution in [1.82, 2.24) is 19.7 Å². The Balaban J connectivity index is 2.36. The fraction of sp³-hybridized carbons (Fsp3) is 0.267. The Morgan fingerprint density at radius 1 is 1.09 bits per heavy atom. The molecule has 0 bridgehead atoms. The zero-order valence-electron chi connectivity index (χ0n) is 12.4. The summed E-state index contributed by atoms with van der Waals surface area (Å²) in [6, 6.07) is 5.36. The molecule has 2 heterocycles. The predicted molar refractivity (Wildman–Crippen MR) is 90.2 cm³/mol. The molecular weight excluding hydrogens is 321 g/mol. The summed E-state index contributed by atoms with van der Waals surface area (Å²) in [4.78, 5) is 8.43. The second kappa shape index (κ2) is 5.11. The number of anilines is 1. The molecule has 3 rings (SSSR count). The van der Waals surface area contributed by atoms with E-state index in [1.54, 1.807) is 12.1 Å². The molecule has 0 spiro atoms. The van der Waals surface area contributed by atoms with E-state index in [0.29, 0.717) is 27.2 Å². The summed E-state index contributed by atoms with van der Waals surface area (Å²) in [5.41, 5.74) is 8.03. The molecule has 5 nitrogen and oxygen atoms in total. The van der Waals surface area contributed by atoms with E-state index in [-0.39, 0.29) is 5.54 Å². The lowest BCUT2D eigenvalue weighted by Gasteiger charge is -2.19. The highest BCUT2D eigenvalue weighted by Gasteiger charge is 2.24. The molecule has 3 aromatic rings. The molecule has 0 saturated heterocycles. The Kier molecular flexibility index (Phi) is 3.50. The number of halogens is 2. The molecule has 0 saturated carbocycles. The van der Waals surface area contributed by atoms with E-state index >= 15 is 0 Å². The van der Waals surface area contributed by atoms with Crippen LogP contribution < -0.4 is 5.73 Å². The molecule has 2 aromatic heterocycles. The largest absolute Gasteiger partial charge is 0.383 e. The number of rotatable bonds is 1. The van der Waals surface area contributed by atoms with Crippen molar-refractivity contribution in [3.05, 3.63) is 34.6 Å². The number of benzene rings is 1. The molecule has 0 unspecified atom stereocenters. The van der Waals surface area contributed by atoms with Crippen molar-refractivity contribution in [1.29, 1.82) is 0 Å². The van der Waals surface area contributed by atoms with Crippen LogP contribution in [0.3, 0.4) is 0 Å². The molecule has 0 amide bonds. The number of aromatic nitrogens is 4. The summed E-state index contributed by atoms with van der Waals surface area (Å²) in [5, 5.41) is 6.37. The Labute approximate surface area is 138 Å². The van der Waals surface area contributed by atoms with Crippen molar-refractivity contribution < 1.29 is 0 Å². The smallest absolute Gasteiger partial charge is 0.164 e. The van der Waals surface area contributed by atoms with Crippen molar-refractivity contribution in [3.63, 3.8) is 0 Å². The highest BCUT2D eigenvalue weighted by Crippen LogP contribution is 2.35. The third-order valence-electron chi connectivity index (χ3n) is 3.32. The van der Waals surface area contributed by atoms with Crippen LogP contribution in [-0.2, 0) is 5.54 Å². The fourth-order valence-electron chi connectivity index (χ4n) is 2.29. The molecule has 7 heteroatoms. The van der Waals surface area contributed by atoms with E-state index in [9.17, 15) is 0 Å². The van der Waals surface area contributed by atoms with Gasteiger partial charge in [-0.15, -0.1) is 0 Å². The topological polar surface area (TPSA) is 69.6 Å². The standard InChI is InChI=1S/C15H15Cl2N5/c1-15(2,3)22-14-11(13(18)19-7-20-14)12(21-22)8-4-5-9(16)10(17)6-8/h4-7H,1-3H3,(H2,18,19,20). The molecule has 0 aliphatic carbocycles. The second-order valence-corrected chi connectivity index (χ2v) is 6.83. The average Bonchev–Trinajstić information content (AvgIpc) is 2.83. The number of nitrogen functional groups attached to an aromatic ring is 1. The number of hydrogen-bond acceptors (Lipinski definition) is 4. The van der Waals surface area contributed by atoms with Crippen LogP contribution in [0.5, 0.6) is 0 Å². The first-order valence-corrected chi connectivity index (χ1v) is 7.50. The van der Waals surface area contributed by atoms with Gasteiger partial charge < -0.3 is 5.73 Å². The van der Waals surface area contributed by atoms with Gasteiger partial charge in [0.15, 0.2) is 5.65 Å². The molecule has 0 aliphatic rings. The maximum atomic E-state index is 6.12. The lowest BCUT2D eigenvalue weighted by atomic mass is 10.1. The van der Waals surface area contributed by atoms with Gasteiger partial charge in [-0.1, -0.05) is 29.3 Å². The highest BCUT2D eigenvalue weighted by molar-refractivity contribution is 6.42. The van der Waals surface area contributed by atoms with Gasteiger partial charge in [0.05, 0.1) is 21.0 Å². The van der Waals surface area contributed by atoms with Crippen LogP contribution in [0.2, 0.25) is 10.0 Å². The van der Waals surface area contributed by atoms with Gasteiger partial charge in [-0.05, 0) is 32.9 Å². The minimum Gasteiger partial charge on any atom is -0.383 e. The first kappa shape index (κ1) is 15.1. The normalized spacial score (nSPS) is 12.0. The van der Waals surface area contributed by atoms with Crippen LogP contribution in [0.15, 0.2) is 24.5 Å². The zero-order valence-corrected chi connectivity index (χ0v) is 13.9. The quantitative estimate of drug-likeness (QED) is 0.725.